The lowest BCUT2D eigenvalue weighted by Gasteiger charge is -2.28. The van der Waals surface area contributed by atoms with E-state index in [0.29, 0.717) is 17.7 Å². The number of carboxylic acid groups (broad SMARTS) is 1. The van der Waals surface area contributed by atoms with Gasteiger partial charge in [-0.1, -0.05) is 11.8 Å². The number of hydrogen-bond acceptors (Lipinski definition) is 4. The molecule has 0 bridgehead atoms. The molecule has 1 aromatic carbocycles. The summed E-state index contributed by atoms with van der Waals surface area (Å²) in [5.74, 6) is 1.71. The Balaban J connectivity index is 2.18. The van der Waals surface area contributed by atoms with Gasteiger partial charge < -0.3 is 14.6 Å². The van der Waals surface area contributed by atoms with Crippen molar-refractivity contribution in [3.8, 4) is 23.3 Å². The largest absolute Gasteiger partial charge is 0.573 e. The third kappa shape index (κ3) is 4.83. The summed E-state index contributed by atoms with van der Waals surface area (Å²) < 4.78 is 86.4. The van der Waals surface area contributed by atoms with Crippen LogP contribution >= 0.6 is 0 Å². The second kappa shape index (κ2) is 7.62. The normalized spacial score (nSPS) is 15.8. The summed E-state index contributed by atoms with van der Waals surface area (Å²) in [6.45, 7) is 0. The number of hydrogen-bond donors (Lipinski definition) is 1. The minimum Gasteiger partial charge on any atom is -0.478 e. The van der Waals surface area contributed by atoms with Crippen molar-refractivity contribution >= 4 is 12.0 Å². The Bertz CT molecular complexity index is 1060. The summed E-state index contributed by atoms with van der Waals surface area (Å²) >= 11 is 0. The fourth-order valence-electron chi connectivity index (χ4n) is 2.57. The zero-order valence-corrected chi connectivity index (χ0v) is 14.5. The predicted octanol–water partition coefficient (Wildman–Crippen LogP) is 4.17. The van der Waals surface area contributed by atoms with E-state index in [0.717, 1.165) is 6.07 Å². The lowest BCUT2D eigenvalue weighted by Crippen LogP contribution is -2.40. The Morgan fingerprint density at radius 2 is 1.90 bits per heavy atom. The first kappa shape index (κ1) is 21.0. The Hall–Kier alpha value is -3.68. The molecule has 1 aromatic heterocycles. The van der Waals surface area contributed by atoms with Crippen LogP contribution in [-0.4, -0.2) is 34.7 Å². The molecule has 11 heteroatoms. The third-order valence-electron chi connectivity index (χ3n) is 3.70. The highest BCUT2D eigenvalue weighted by atomic mass is 19.4. The maximum absolute atomic E-state index is 13.3. The lowest BCUT2D eigenvalue weighted by atomic mass is 9.98. The Kier molecular flexibility index (Phi) is 5.35. The van der Waals surface area contributed by atoms with Gasteiger partial charge in [-0.2, -0.15) is 13.2 Å². The summed E-state index contributed by atoms with van der Waals surface area (Å²) in [5.41, 5.74) is -1.57. The van der Waals surface area contributed by atoms with Crippen molar-refractivity contribution in [1.82, 2.24) is 4.98 Å². The lowest BCUT2D eigenvalue weighted by molar-refractivity contribution is -0.274. The number of aliphatic carboxylic acids is 1. The average molecular weight is 429 g/mol. The number of ether oxygens (including phenoxy) is 2. The number of aromatic nitrogens is 1. The van der Waals surface area contributed by atoms with Crippen LogP contribution in [0.3, 0.4) is 0 Å². The maximum Gasteiger partial charge on any atom is 0.573 e. The molecule has 0 spiro atoms. The van der Waals surface area contributed by atoms with Crippen LogP contribution in [0.5, 0.6) is 11.5 Å². The Labute approximate surface area is 164 Å². The van der Waals surface area contributed by atoms with Crippen molar-refractivity contribution in [2.75, 3.05) is 0 Å². The van der Waals surface area contributed by atoms with Gasteiger partial charge in [0.15, 0.2) is 0 Å². The Morgan fingerprint density at radius 1 is 1.17 bits per heavy atom. The van der Waals surface area contributed by atoms with E-state index in [4.69, 9.17) is 9.84 Å². The first-order chi connectivity index (χ1) is 13.9. The molecule has 0 saturated heterocycles. The molecule has 1 unspecified atom stereocenters. The van der Waals surface area contributed by atoms with Crippen LogP contribution < -0.4 is 9.47 Å². The van der Waals surface area contributed by atoms with Gasteiger partial charge in [0.2, 0.25) is 6.10 Å². The van der Waals surface area contributed by atoms with E-state index in [2.05, 4.69) is 21.6 Å². The van der Waals surface area contributed by atoms with Crippen molar-refractivity contribution in [2.45, 2.75) is 18.6 Å². The highest BCUT2D eigenvalue weighted by molar-refractivity contribution is 5.95. The number of halogens is 6. The number of pyridine rings is 1. The van der Waals surface area contributed by atoms with Crippen LogP contribution in [0.2, 0.25) is 0 Å². The monoisotopic (exact) mass is 429 g/mol. The van der Waals surface area contributed by atoms with E-state index in [1.807, 2.05) is 0 Å². The standard InChI is InChI=1S/C19H9F6NO4/c20-18(21,22)16-14(17(27)28)8-12-7-13(30-19(23,24)25)6-11(15(12)29-16)4-3-10-2-1-5-26-9-10/h1-2,5-9,16H,(H,27,28). The molecule has 5 nitrogen and oxygen atoms in total. The second-order valence-electron chi connectivity index (χ2n) is 5.87. The molecule has 0 saturated carbocycles. The predicted molar refractivity (Wildman–Crippen MR) is 89.4 cm³/mol. The SMILES string of the molecule is O=C(O)C1=Cc2cc(OC(F)(F)F)cc(C#Cc3cccnc3)c2OC1C(F)(F)F. The molecular weight excluding hydrogens is 420 g/mol. The quantitative estimate of drug-likeness (QED) is 0.574. The fourth-order valence-corrected chi connectivity index (χ4v) is 2.57. The van der Waals surface area contributed by atoms with Crippen molar-refractivity contribution < 1.29 is 45.7 Å². The van der Waals surface area contributed by atoms with Crippen molar-refractivity contribution in [3.05, 3.63) is 58.9 Å². The van der Waals surface area contributed by atoms with Gasteiger partial charge in [-0.15, -0.1) is 13.2 Å². The summed E-state index contributed by atoms with van der Waals surface area (Å²) in [7, 11) is 0. The molecule has 0 amide bonds. The van der Waals surface area contributed by atoms with Crippen LogP contribution in [0.15, 0.2) is 42.2 Å². The molecular formula is C19H9F6NO4. The maximum atomic E-state index is 13.3. The van der Waals surface area contributed by atoms with E-state index >= 15 is 0 Å². The topological polar surface area (TPSA) is 68.7 Å². The molecule has 1 atom stereocenters. The number of alkyl halides is 6. The molecule has 2 heterocycles. The van der Waals surface area contributed by atoms with Crippen LogP contribution in [0.4, 0.5) is 26.3 Å². The molecule has 2 aromatic rings. The zero-order valence-electron chi connectivity index (χ0n) is 14.5. The molecule has 0 fully saturated rings. The highest BCUT2D eigenvalue weighted by Gasteiger charge is 2.49. The van der Waals surface area contributed by atoms with Crippen LogP contribution in [0, 0.1) is 11.8 Å². The summed E-state index contributed by atoms with van der Waals surface area (Å²) in [6, 6.07) is 4.52. The van der Waals surface area contributed by atoms with Gasteiger partial charge in [0.25, 0.3) is 0 Å². The minimum absolute atomic E-state index is 0.332. The van der Waals surface area contributed by atoms with E-state index in [1.54, 1.807) is 0 Å². The van der Waals surface area contributed by atoms with Gasteiger partial charge in [-0.3, -0.25) is 4.98 Å². The minimum atomic E-state index is -5.09. The first-order valence-electron chi connectivity index (χ1n) is 7.98. The third-order valence-corrected chi connectivity index (χ3v) is 3.70. The molecule has 156 valence electrons. The second-order valence-corrected chi connectivity index (χ2v) is 5.87. The number of carboxylic acids is 1. The molecule has 0 radical (unpaired) electrons. The van der Waals surface area contributed by atoms with Gasteiger partial charge in [-0.05, 0) is 30.3 Å². The van der Waals surface area contributed by atoms with Crippen molar-refractivity contribution in [1.29, 1.82) is 0 Å². The molecule has 1 aliphatic rings. The van der Waals surface area contributed by atoms with E-state index in [1.165, 1.54) is 24.5 Å². The number of benzene rings is 1. The van der Waals surface area contributed by atoms with Gasteiger partial charge >= 0.3 is 18.5 Å². The smallest absolute Gasteiger partial charge is 0.478 e. The number of nitrogens with zero attached hydrogens (tertiary/aromatic N) is 1. The van der Waals surface area contributed by atoms with Crippen molar-refractivity contribution in [3.63, 3.8) is 0 Å². The van der Waals surface area contributed by atoms with Gasteiger partial charge in [0.05, 0.1) is 11.1 Å². The van der Waals surface area contributed by atoms with Gasteiger partial charge in [0.1, 0.15) is 11.5 Å². The highest BCUT2D eigenvalue weighted by Crippen LogP contribution is 2.41. The molecule has 3 rings (SSSR count). The van der Waals surface area contributed by atoms with E-state index < -0.39 is 41.7 Å². The summed E-state index contributed by atoms with van der Waals surface area (Å²) in [4.78, 5) is 15.0. The molecule has 1 aliphatic heterocycles. The zero-order chi connectivity index (χ0) is 22.1. The fraction of sp³-hybridized carbons (Fsp3) is 0.158. The van der Waals surface area contributed by atoms with Crippen LogP contribution in [0.1, 0.15) is 16.7 Å². The Morgan fingerprint density at radius 3 is 2.47 bits per heavy atom. The van der Waals surface area contributed by atoms with Crippen LogP contribution in [-0.2, 0) is 4.79 Å². The number of carbonyl (C=O) groups is 1. The summed E-state index contributed by atoms with van der Waals surface area (Å²) in [5, 5.41) is 9.08. The average Bonchev–Trinajstić information content (AvgIpc) is 2.63. The number of rotatable bonds is 2. The molecule has 30 heavy (non-hydrogen) atoms. The van der Waals surface area contributed by atoms with Gasteiger partial charge in [-0.25, -0.2) is 4.79 Å². The van der Waals surface area contributed by atoms with Crippen molar-refractivity contribution in [2.24, 2.45) is 0 Å². The van der Waals surface area contributed by atoms with E-state index in [-0.39, 0.29) is 11.1 Å². The van der Waals surface area contributed by atoms with Gasteiger partial charge in [0, 0.05) is 23.5 Å². The summed E-state index contributed by atoms with van der Waals surface area (Å²) in [6.07, 6.45) is -9.64. The van der Waals surface area contributed by atoms with Crippen LogP contribution in [0.25, 0.3) is 6.08 Å². The number of fused-ring (bicyclic) bond motifs is 1. The molecule has 1 N–H and O–H groups in total. The first-order valence-corrected chi connectivity index (χ1v) is 7.98. The molecule has 0 aliphatic carbocycles. The van der Waals surface area contributed by atoms with E-state index in [9.17, 15) is 31.1 Å².